The standard InChI is InChI=1S/C43H47F6N7O4S/c1-24-8-7-16-54(24)38(58)37(41(2,3)4)52-33(57)15-19-53-17-13-28(14-18-53)60-32-12-10-25(20-29(32)44)36-30(45)21-27(23-51-36)56-40(61)55(39(59)42(56,5)6)31-11-9-26(22-50)34(35(31)46)43(47,48)49/h9-12,20-21,23-24,28,37H,7-8,13-19H2,1-6H3,(H,52,57). The summed E-state index contributed by atoms with van der Waals surface area (Å²) in [5.41, 5.74) is -6.06. The van der Waals surface area contributed by atoms with E-state index in [1.54, 1.807) is 0 Å². The monoisotopic (exact) mass is 871 g/mol. The van der Waals surface area contributed by atoms with Gasteiger partial charge in [-0.25, -0.2) is 13.2 Å². The topological polar surface area (TPSA) is 122 Å². The molecule has 0 aliphatic carbocycles. The Kier molecular flexibility index (Phi) is 12.8. The minimum Gasteiger partial charge on any atom is -0.487 e. The Bertz CT molecular complexity index is 2270. The van der Waals surface area contributed by atoms with Gasteiger partial charge in [-0.3, -0.25) is 24.3 Å². The van der Waals surface area contributed by atoms with Crippen LogP contribution in [0.5, 0.6) is 5.75 Å². The Hall–Kier alpha value is -5.28. The highest BCUT2D eigenvalue weighted by Gasteiger charge is 2.52. The van der Waals surface area contributed by atoms with Crippen LogP contribution < -0.4 is 19.9 Å². The lowest BCUT2D eigenvalue weighted by atomic mass is 9.85. The number of nitrogens with zero attached hydrogens (tertiary/aromatic N) is 6. The molecular formula is C43H47F6N7O4S. The van der Waals surface area contributed by atoms with E-state index in [9.17, 15) is 27.6 Å². The number of amides is 3. The molecule has 1 N–H and O–H groups in total. The average molecular weight is 872 g/mol. The van der Waals surface area contributed by atoms with E-state index in [1.165, 1.54) is 32.0 Å². The van der Waals surface area contributed by atoms with Crippen LogP contribution in [-0.4, -0.2) is 87.5 Å². The number of anilines is 2. The fourth-order valence-electron chi connectivity index (χ4n) is 8.05. The summed E-state index contributed by atoms with van der Waals surface area (Å²) >= 11 is 5.43. The molecule has 61 heavy (non-hydrogen) atoms. The lowest BCUT2D eigenvalue weighted by Crippen LogP contribution is -2.55. The second kappa shape index (κ2) is 17.2. The summed E-state index contributed by atoms with van der Waals surface area (Å²) < 4.78 is 93.8. The molecule has 2 atom stereocenters. The third-order valence-electron chi connectivity index (χ3n) is 11.5. The van der Waals surface area contributed by atoms with Gasteiger partial charge in [0, 0.05) is 50.3 Å². The fourth-order valence-corrected chi connectivity index (χ4v) is 8.57. The van der Waals surface area contributed by atoms with Crippen molar-refractivity contribution in [1.29, 1.82) is 5.26 Å². The first-order valence-electron chi connectivity index (χ1n) is 20.0. The molecule has 1 aromatic heterocycles. The van der Waals surface area contributed by atoms with E-state index in [2.05, 4.69) is 15.2 Å². The van der Waals surface area contributed by atoms with Gasteiger partial charge in [-0.15, -0.1) is 0 Å². The van der Waals surface area contributed by atoms with E-state index in [-0.39, 0.29) is 53.1 Å². The number of hydrogen-bond acceptors (Lipinski definition) is 8. The molecule has 2 unspecified atom stereocenters. The number of carbonyl (C=O) groups excluding carboxylic acids is 3. The first-order valence-corrected chi connectivity index (χ1v) is 20.4. The third kappa shape index (κ3) is 9.18. The second-order valence-electron chi connectivity index (χ2n) is 17.2. The van der Waals surface area contributed by atoms with Crippen molar-refractivity contribution in [3.63, 3.8) is 0 Å². The Balaban J connectivity index is 1.07. The minimum absolute atomic E-state index is 0.0460. The summed E-state index contributed by atoms with van der Waals surface area (Å²) in [6.45, 7) is 12.9. The molecule has 0 saturated carbocycles. The van der Waals surface area contributed by atoms with Gasteiger partial charge in [-0.1, -0.05) is 20.8 Å². The number of nitrogens with one attached hydrogen (secondary N) is 1. The van der Waals surface area contributed by atoms with E-state index in [0.717, 1.165) is 48.2 Å². The fraction of sp³-hybridized carbons (Fsp3) is 0.488. The molecule has 3 aliphatic heterocycles. The van der Waals surface area contributed by atoms with E-state index in [1.807, 2.05) is 32.6 Å². The average Bonchev–Trinajstić information content (AvgIpc) is 3.69. The molecule has 0 spiro atoms. The molecule has 0 bridgehead atoms. The molecule has 4 heterocycles. The quantitative estimate of drug-likeness (QED) is 0.161. The third-order valence-corrected chi connectivity index (χ3v) is 11.8. The summed E-state index contributed by atoms with van der Waals surface area (Å²) in [6.07, 6.45) is -1.20. The van der Waals surface area contributed by atoms with Crippen molar-refractivity contribution in [2.45, 2.75) is 104 Å². The molecule has 3 saturated heterocycles. The number of rotatable bonds is 10. The Morgan fingerprint density at radius 1 is 1.03 bits per heavy atom. The summed E-state index contributed by atoms with van der Waals surface area (Å²) in [5, 5.41) is 11.7. The normalized spacial score (nSPS) is 19.3. The smallest absolute Gasteiger partial charge is 0.420 e. The zero-order valence-electron chi connectivity index (χ0n) is 34.6. The number of ether oxygens (including phenoxy) is 1. The number of nitriles is 1. The number of pyridine rings is 1. The summed E-state index contributed by atoms with van der Waals surface area (Å²) in [5.74, 6) is -4.80. The van der Waals surface area contributed by atoms with Crippen LogP contribution in [0.2, 0.25) is 0 Å². The molecule has 18 heteroatoms. The lowest BCUT2D eigenvalue weighted by Gasteiger charge is -2.35. The van der Waals surface area contributed by atoms with Crippen LogP contribution in [0.3, 0.4) is 0 Å². The first kappa shape index (κ1) is 45.3. The number of aromatic nitrogens is 1. The van der Waals surface area contributed by atoms with Gasteiger partial charge in [0.1, 0.15) is 28.9 Å². The number of piperidine rings is 1. The van der Waals surface area contributed by atoms with Gasteiger partial charge in [-0.2, -0.15) is 18.4 Å². The number of likely N-dealkylation sites (tertiary alicyclic amines) is 2. The number of halogens is 6. The van der Waals surface area contributed by atoms with Crippen molar-refractivity contribution >= 4 is 46.4 Å². The molecule has 3 aliphatic rings. The Labute approximate surface area is 355 Å². The molecule has 3 amide bonds. The van der Waals surface area contributed by atoms with Gasteiger partial charge in [0.05, 0.1) is 29.2 Å². The number of carbonyl (C=O) groups is 3. The lowest BCUT2D eigenvalue weighted by molar-refractivity contribution is -0.140. The number of hydrogen-bond donors (Lipinski definition) is 1. The number of benzene rings is 2. The SMILES string of the molecule is CC1CCCN1C(=O)C(NC(=O)CCN1CCC(Oc2ccc(-c3ncc(N4C(=S)N(c5ccc(C#N)c(C(F)(F)F)c5F)C(=O)C4(C)C)cc3F)cc2F)CC1)C(C)(C)C. The van der Waals surface area contributed by atoms with Crippen LogP contribution in [0.4, 0.5) is 37.7 Å². The highest BCUT2D eigenvalue weighted by atomic mass is 32.1. The first-order chi connectivity index (χ1) is 28.5. The summed E-state index contributed by atoms with van der Waals surface area (Å²) in [7, 11) is 0. The van der Waals surface area contributed by atoms with Crippen molar-refractivity contribution in [2.24, 2.45) is 5.41 Å². The molecule has 3 aromatic rings. The van der Waals surface area contributed by atoms with Crippen LogP contribution in [0.15, 0.2) is 42.6 Å². The maximum absolute atomic E-state index is 15.8. The van der Waals surface area contributed by atoms with Crippen molar-refractivity contribution < 1.29 is 45.5 Å². The van der Waals surface area contributed by atoms with Gasteiger partial charge < -0.3 is 24.8 Å². The molecular weight excluding hydrogens is 825 g/mol. The van der Waals surface area contributed by atoms with Gasteiger partial charge in [0.25, 0.3) is 5.91 Å². The largest absolute Gasteiger partial charge is 0.487 e. The van der Waals surface area contributed by atoms with Crippen molar-refractivity contribution in [1.82, 2.24) is 20.1 Å². The molecule has 11 nitrogen and oxygen atoms in total. The number of alkyl halides is 3. The summed E-state index contributed by atoms with van der Waals surface area (Å²) in [6, 6.07) is 7.22. The Morgan fingerprint density at radius 3 is 2.30 bits per heavy atom. The highest BCUT2D eigenvalue weighted by Crippen LogP contribution is 2.42. The van der Waals surface area contributed by atoms with E-state index in [0.29, 0.717) is 43.9 Å². The molecule has 2 aromatic carbocycles. The van der Waals surface area contributed by atoms with Crippen molar-refractivity contribution in [3.8, 4) is 23.1 Å². The van der Waals surface area contributed by atoms with Crippen LogP contribution in [-0.2, 0) is 20.6 Å². The second-order valence-corrected chi connectivity index (χ2v) is 17.6. The van der Waals surface area contributed by atoms with Crippen LogP contribution >= 0.6 is 12.2 Å². The van der Waals surface area contributed by atoms with Crippen LogP contribution in [0.1, 0.15) is 84.8 Å². The van der Waals surface area contributed by atoms with Crippen molar-refractivity contribution in [3.05, 3.63) is 71.2 Å². The van der Waals surface area contributed by atoms with Gasteiger partial charge in [0.15, 0.2) is 28.3 Å². The van der Waals surface area contributed by atoms with Crippen molar-refractivity contribution in [2.75, 3.05) is 36.0 Å². The molecule has 0 radical (unpaired) electrons. The zero-order chi connectivity index (χ0) is 44.8. The molecule has 3 fully saturated rings. The maximum atomic E-state index is 15.8. The van der Waals surface area contributed by atoms with E-state index < -0.39 is 68.5 Å². The van der Waals surface area contributed by atoms with Gasteiger partial charge in [0.2, 0.25) is 11.8 Å². The predicted molar refractivity (Wildman–Crippen MR) is 219 cm³/mol. The van der Waals surface area contributed by atoms with Gasteiger partial charge >= 0.3 is 6.18 Å². The predicted octanol–water partition coefficient (Wildman–Crippen LogP) is 7.75. The zero-order valence-corrected chi connectivity index (χ0v) is 35.4. The van der Waals surface area contributed by atoms with E-state index in [4.69, 9.17) is 22.2 Å². The maximum Gasteiger partial charge on any atom is 0.420 e. The number of thiocarbonyl (C=S) groups is 1. The van der Waals surface area contributed by atoms with E-state index >= 15 is 13.2 Å². The molecule has 326 valence electrons. The Morgan fingerprint density at radius 2 is 1.72 bits per heavy atom. The minimum atomic E-state index is -5.26. The van der Waals surface area contributed by atoms with Crippen LogP contribution in [0.25, 0.3) is 11.3 Å². The molecule has 6 rings (SSSR count). The summed E-state index contributed by atoms with van der Waals surface area (Å²) in [4.78, 5) is 49.7. The highest BCUT2D eigenvalue weighted by molar-refractivity contribution is 7.81. The van der Waals surface area contributed by atoms with Gasteiger partial charge in [-0.05, 0) is 94.4 Å². The van der Waals surface area contributed by atoms with Crippen LogP contribution in [0, 0.1) is 34.2 Å².